The van der Waals surface area contributed by atoms with Crippen LogP contribution in [0.2, 0.25) is 0 Å². The van der Waals surface area contributed by atoms with Gasteiger partial charge in [0.2, 0.25) is 0 Å². The monoisotopic (exact) mass is 731 g/mol. The predicted molar refractivity (Wildman–Crippen MR) is 233 cm³/mol. The van der Waals surface area contributed by atoms with Crippen LogP contribution in [0.5, 0.6) is 0 Å². The highest BCUT2D eigenvalue weighted by molar-refractivity contribution is 6.32. The highest BCUT2D eigenvalue weighted by Crippen LogP contribution is 2.62. The summed E-state index contributed by atoms with van der Waals surface area (Å²) in [7, 11) is 0. The van der Waals surface area contributed by atoms with Gasteiger partial charge in [-0.15, -0.1) is 0 Å². The third-order valence-corrected chi connectivity index (χ3v) is 12.0. The molecule has 0 N–H and O–H groups in total. The maximum absolute atomic E-state index is 14.6. The van der Waals surface area contributed by atoms with Gasteiger partial charge in [-0.1, -0.05) is 115 Å². The Morgan fingerprint density at radius 3 is 1.23 bits per heavy atom. The molecule has 0 saturated carbocycles. The van der Waals surface area contributed by atoms with Crippen molar-refractivity contribution in [2.45, 2.75) is 0 Å². The quantitative estimate of drug-likeness (QED) is 0.159. The van der Waals surface area contributed by atoms with Gasteiger partial charge in [0.1, 0.15) is 11.6 Å². The summed E-state index contributed by atoms with van der Waals surface area (Å²) >= 11 is 0. The largest absolute Gasteiger partial charge is 0.310 e. The number of anilines is 3. The van der Waals surface area contributed by atoms with E-state index in [1.165, 1.54) is 33.0 Å². The van der Waals surface area contributed by atoms with Crippen LogP contribution in [-0.2, 0) is 0 Å². The van der Waals surface area contributed by atoms with E-state index in [2.05, 4.69) is 144 Å². The zero-order chi connectivity index (χ0) is 37.8. The lowest BCUT2D eigenvalue weighted by atomic mass is 9.81. The van der Waals surface area contributed by atoms with Crippen molar-refractivity contribution in [3.63, 3.8) is 0 Å². The molecule has 10 aromatic rings. The number of halogens is 2. The smallest absolute Gasteiger partial charge is 0.123 e. The Bertz CT molecular complexity index is 3120. The number of benzene rings is 10. The second kappa shape index (κ2) is 12.1. The summed E-state index contributed by atoms with van der Waals surface area (Å²) in [5.41, 5.74) is 16.7. The SMILES string of the molecule is Fc1ccc(-c2c3c(c(-c4ccc(F)cc4)c4cc5ccccc5cc24)-c2ccc4c5c(ccc-3c25)-c2ccc(N(c3ccccc3)c3ccccc3)cc2-4)cc1. The van der Waals surface area contributed by atoms with Crippen molar-refractivity contribution in [1.82, 2.24) is 0 Å². The summed E-state index contributed by atoms with van der Waals surface area (Å²) in [5, 5.41) is 6.86. The Balaban J connectivity index is 1.16. The first-order valence-electron chi connectivity index (χ1n) is 19.3. The second-order valence-electron chi connectivity index (χ2n) is 15.1. The van der Waals surface area contributed by atoms with Gasteiger partial charge in [-0.3, -0.25) is 0 Å². The molecular weight excluding hydrogens is 701 g/mol. The van der Waals surface area contributed by atoms with Gasteiger partial charge in [-0.2, -0.15) is 0 Å². The van der Waals surface area contributed by atoms with Gasteiger partial charge >= 0.3 is 0 Å². The lowest BCUT2D eigenvalue weighted by Crippen LogP contribution is -2.09. The van der Waals surface area contributed by atoms with Crippen LogP contribution in [0.15, 0.2) is 188 Å². The lowest BCUT2D eigenvalue weighted by Gasteiger charge is -2.26. The molecular formula is C54H31F2N. The van der Waals surface area contributed by atoms with E-state index in [9.17, 15) is 8.78 Å². The van der Waals surface area contributed by atoms with Crippen LogP contribution in [0.25, 0.3) is 99.1 Å². The van der Waals surface area contributed by atoms with E-state index >= 15 is 0 Å². The lowest BCUT2D eigenvalue weighted by molar-refractivity contribution is 0.627. The minimum Gasteiger partial charge on any atom is -0.310 e. The Labute approximate surface area is 328 Å². The van der Waals surface area contributed by atoms with Crippen LogP contribution in [-0.4, -0.2) is 0 Å². The minimum absolute atomic E-state index is 0.270. The van der Waals surface area contributed by atoms with Gasteiger partial charge < -0.3 is 4.90 Å². The maximum Gasteiger partial charge on any atom is 0.123 e. The van der Waals surface area contributed by atoms with E-state index in [0.717, 1.165) is 83.1 Å². The number of hydrogen-bond donors (Lipinski definition) is 0. The van der Waals surface area contributed by atoms with Crippen molar-refractivity contribution in [2.75, 3.05) is 4.90 Å². The molecule has 0 spiro atoms. The van der Waals surface area contributed by atoms with Gasteiger partial charge in [0.25, 0.3) is 0 Å². The molecule has 12 rings (SSSR count). The Hall–Kier alpha value is -7.36. The molecule has 2 aliphatic carbocycles. The molecule has 0 heterocycles. The van der Waals surface area contributed by atoms with Gasteiger partial charge in [0, 0.05) is 17.1 Å². The van der Waals surface area contributed by atoms with Crippen LogP contribution >= 0.6 is 0 Å². The standard InChI is InChI=1S/C54H31F2N/c55-36-19-15-32(16-20-36)49-47-29-34-9-7-8-10-35(34)30-48(47)50(33-17-21-37(56)22-18-33)54-45-28-26-43-46-31-40(57(38-11-3-1-4-12-38)39-13-5-2-6-14-39)23-24-41(46)42-25-27-44(53(49)54)52(45)51(42)43/h1-31H. The van der Waals surface area contributed by atoms with Gasteiger partial charge in [0.05, 0.1) is 0 Å². The molecule has 1 nitrogen and oxygen atoms in total. The topological polar surface area (TPSA) is 3.24 Å². The fraction of sp³-hybridized carbons (Fsp3) is 0. The molecule has 0 saturated heterocycles. The van der Waals surface area contributed by atoms with Gasteiger partial charge in [-0.05, 0) is 172 Å². The van der Waals surface area contributed by atoms with Crippen molar-refractivity contribution in [3.05, 3.63) is 200 Å². The van der Waals surface area contributed by atoms with Crippen LogP contribution in [0, 0.1) is 11.6 Å². The molecule has 0 unspecified atom stereocenters. The molecule has 10 aromatic carbocycles. The van der Waals surface area contributed by atoms with Crippen molar-refractivity contribution in [2.24, 2.45) is 0 Å². The molecule has 0 radical (unpaired) electrons. The molecule has 2 aliphatic rings. The summed E-state index contributed by atoms with van der Waals surface area (Å²) in [4.78, 5) is 2.31. The van der Waals surface area contributed by atoms with E-state index in [1.807, 2.05) is 24.3 Å². The van der Waals surface area contributed by atoms with Crippen LogP contribution < -0.4 is 4.90 Å². The average molecular weight is 732 g/mol. The zero-order valence-electron chi connectivity index (χ0n) is 30.6. The zero-order valence-corrected chi connectivity index (χ0v) is 30.6. The highest BCUT2D eigenvalue weighted by atomic mass is 19.1. The molecule has 3 heteroatoms. The molecule has 0 atom stereocenters. The Morgan fingerprint density at radius 1 is 0.298 bits per heavy atom. The second-order valence-corrected chi connectivity index (χ2v) is 15.1. The van der Waals surface area contributed by atoms with E-state index in [-0.39, 0.29) is 11.6 Å². The number of nitrogens with zero attached hydrogens (tertiary/aromatic N) is 1. The summed E-state index contributed by atoms with van der Waals surface area (Å²) in [6.45, 7) is 0. The third kappa shape index (κ3) is 4.66. The van der Waals surface area contributed by atoms with Gasteiger partial charge in [0.15, 0.2) is 0 Å². The van der Waals surface area contributed by atoms with Crippen LogP contribution in [0.1, 0.15) is 0 Å². The van der Waals surface area contributed by atoms with Crippen LogP contribution in [0.4, 0.5) is 25.8 Å². The molecule has 57 heavy (non-hydrogen) atoms. The average Bonchev–Trinajstić information content (AvgIpc) is 3.76. The number of para-hydroxylation sites is 2. The van der Waals surface area contributed by atoms with Crippen molar-refractivity contribution < 1.29 is 8.78 Å². The Morgan fingerprint density at radius 2 is 0.719 bits per heavy atom. The van der Waals surface area contributed by atoms with E-state index in [1.54, 1.807) is 24.3 Å². The van der Waals surface area contributed by atoms with E-state index < -0.39 is 0 Å². The van der Waals surface area contributed by atoms with Crippen molar-refractivity contribution >= 4 is 49.4 Å². The summed E-state index contributed by atoms with van der Waals surface area (Å²) < 4.78 is 29.2. The molecule has 0 aromatic heterocycles. The summed E-state index contributed by atoms with van der Waals surface area (Å²) in [6.07, 6.45) is 0. The predicted octanol–water partition coefficient (Wildman–Crippen LogP) is 15.5. The minimum atomic E-state index is -0.270. The maximum atomic E-state index is 14.6. The normalized spacial score (nSPS) is 12.0. The van der Waals surface area contributed by atoms with E-state index in [4.69, 9.17) is 0 Å². The first-order chi connectivity index (χ1) is 28.1. The molecule has 0 amide bonds. The third-order valence-electron chi connectivity index (χ3n) is 12.0. The van der Waals surface area contributed by atoms with E-state index in [0.29, 0.717) is 0 Å². The number of rotatable bonds is 5. The summed E-state index contributed by atoms with van der Waals surface area (Å²) in [5.74, 6) is -0.539. The fourth-order valence-electron chi connectivity index (χ4n) is 9.64. The molecule has 0 fully saturated rings. The number of fused-ring (bicyclic) bond motifs is 8. The fourth-order valence-corrected chi connectivity index (χ4v) is 9.64. The molecule has 0 aliphatic heterocycles. The first kappa shape index (κ1) is 31.9. The molecule has 0 bridgehead atoms. The van der Waals surface area contributed by atoms with Gasteiger partial charge in [-0.25, -0.2) is 8.78 Å². The Kier molecular flexibility index (Phi) is 6.76. The number of hydrogen-bond acceptors (Lipinski definition) is 1. The first-order valence-corrected chi connectivity index (χ1v) is 19.3. The summed E-state index contributed by atoms with van der Waals surface area (Å²) in [6, 6.07) is 63.8. The highest BCUT2D eigenvalue weighted by Gasteiger charge is 2.34. The van der Waals surface area contributed by atoms with Crippen molar-refractivity contribution in [1.29, 1.82) is 0 Å². The van der Waals surface area contributed by atoms with Crippen LogP contribution in [0.3, 0.4) is 0 Å². The molecule has 266 valence electrons. The van der Waals surface area contributed by atoms with Crippen molar-refractivity contribution in [3.8, 4) is 66.8 Å².